The van der Waals surface area contributed by atoms with Gasteiger partial charge in [0.15, 0.2) is 0 Å². The summed E-state index contributed by atoms with van der Waals surface area (Å²) in [6.45, 7) is 1.95. The van der Waals surface area contributed by atoms with E-state index in [1.165, 1.54) is 23.5 Å². The first-order chi connectivity index (χ1) is 10.6. The maximum absolute atomic E-state index is 13.1. The molecule has 2 aromatic heterocycles. The molecule has 0 spiro atoms. The Morgan fingerprint density at radius 1 is 1.32 bits per heavy atom. The molecule has 6 heteroatoms. The maximum Gasteiger partial charge on any atom is 0.260 e. The van der Waals surface area contributed by atoms with Gasteiger partial charge in [0.05, 0.1) is 5.39 Å². The van der Waals surface area contributed by atoms with Crippen LogP contribution < -0.4 is 5.56 Å². The molecule has 0 bridgehead atoms. The van der Waals surface area contributed by atoms with E-state index >= 15 is 0 Å². The molecule has 0 aliphatic rings. The lowest BCUT2D eigenvalue weighted by Crippen LogP contribution is -2.11. The van der Waals surface area contributed by atoms with Gasteiger partial charge in [-0.1, -0.05) is 12.1 Å². The van der Waals surface area contributed by atoms with Crippen molar-refractivity contribution in [3.8, 4) is 11.1 Å². The summed E-state index contributed by atoms with van der Waals surface area (Å²) >= 11 is 7.17. The number of aryl methyl sites for hydroxylation is 2. The molecule has 2 heterocycles. The molecular weight excluding hydrogens is 323 g/mol. The summed E-state index contributed by atoms with van der Waals surface area (Å²) in [5.74, 6) is 0.896. The first-order valence-electron chi connectivity index (χ1n) is 6.94. The molecule has 0 atom stereocenters. The van der Waals surface area contributed by atoms with Gasteiger partial charge in [-0.3, -0.25) is 4.79 Å². The number of alkyl halides is 1. The number of nitrogens with one attached hydrogen (secondary N) is 1. The van der Waals surface area contributed by atoms with Crippen LogP contribution in [-0.2, 0) is 6.42 Å². The Balaban J connectivity index is 2.17. The lowest BCUT2D eigenvalue weighted by molar-refractivity contribution is 0.628. The highest BCUT2D eigenvalue weighted by molar-refractivity contribution is 7.19. The standard InChI is InChI=1S/C16H14ClFN2OS/c1-9-13(10-4-6-11(18)7-5-10)14-15(21)19-12(3-2-8-17)20-16(14)22-9/h4-7H,2-3,8H2,1H3,(H,19,20,21). The van der Waals surface area contributed by atoms with Crippen LogP contribution in [0.1, 0.15) is 17.1 Å². The van der Waals surface area contributed by atoms with Crippen molar-refractivity contribution in [2.45, 2.75) is 19.8 Å². The van der Waals surface area contributed by atoms with Crippen molar-refractivity contribution in [1.82, 2.24) is 9.97 Å². The summed E-state index contributed by atoms with van der Waals surface area (Å²) in [5, 5.41) is 0.573. The van der Waals surface area contributed by atoms with Gasteiger partial charge in [-0.25, -0.2) is 9.37 Å². The minimum Gasteiger partial charge on any atom is -0.310 e. The molecule has 0 saturated heterocycles. The van der Waals surface area contributed by atoms with E-state index < -0.39 is 0 Å². The lowest BCUT2D eigenvalue weighted by Gasteiger charge is -2.02. The normalized spacial score (nSPS) is 11.2. The third kappa shape index (κ3) is 2.78. The van der Waals surface area contributed by atoms with Crippen LogP contribution in [-0.4, -0.2) is 15.8 Å². The molecule has 0 aliphatic carbocycles. The monoisotopic (exact) mass is 336 g/mol. The SMILES string of the molecule is Cc1sc2nc(CCCCl)[nH]c(=O)c2c1-c1ccc(F)cc1. The van der Waals surface area contributed by atoms with Crippen LogP contribution in [0.25, 0.3) is 21.3 Å². The van der Waals surface area contributed by atoms with Crippen LogP contribution >= 0.6 is 22.9 Å². The van der Waals surface area contributed by atoms with E-state index in [0.29, 0.717) is 28.3 Å². The first-order valence-corrected chi connectivity index (χ1v) is 8.29. The number of thiophene rings is 1. The highest BCUT2D eigenvalue weighted by Gasteiger charge is 2.16. The minimum atomic E-state index is -0.295. The van der Waals surface area contributed by atoms with Gasteiger partial charge in [-0.2, -0.15) is 0 Å². The summed E-state index contributed by atoms with van der Waals surface area (Å²) in [5.41, 5.74) is 1.50. The zero-order valence-corrected chi connectivity index (χ0v) is 13.5. The van der Waals surface area contributed by atoms with Gasteiger partial charge >= 0.3 is 0 Å². The van der Waals surface area contributed by atoms with Gasteiger partial charge in [0.25, 0.3) is 5.56 Å². The molecule has 0 unspecified atom stereocenters. The Hall–Kier alpha value is -1.72. The van der Waals surface area contributed by atoms with Crippen LogP contribution in [0.15, 0.2) is 29.1 Å². The van der Waals surface area contributed by atoms with Gasteiger partial charge < -0.3 is 4.98 Å². The van der Waals surface area contributed by atoms with Crippen molar-refractivity contribution < 1.29 is 4.39 Å². The fourth-order valence-corrected chi connectivity index (χ4v) is 3.68. The maximum atomic E-state index is 13.1. The van der Waals surface area contributed by atoms with E-state index in [-0.39, 0.29) is 11.4 Å². The lowest BCUT2D eigenvalue weighted by atomic mass is 10.0. The van der Waals surface area contributed by atoms with Gasteiger partial charge in [0.2, 0.25) is 0 Å². The van der Waals surface area contributed by atoms with Crippen LogP contribution in [0.2, 0.25) is 0 Å². The second-order valence-electron chi connectivity index (χ2n) is 5.03. The molecule has 0 saturated carbocycles. The fourth-order valence-electron chi connectivity index (χ4n) is 2.48. The number of halogens is 2. The number of aromatic nitrogens is 2. The second kappa shape index (κ2) is 6.18. The van der Waals surface area contributed by atoms with E-state index in [0.717, 1.165) is 22.4 Å². The van der Waals surface area contributed by atoms with Crippen molar-refractivity contribution >= 4 is 33.2 Å². The summed E-state index contributed by atoms with van der Waals surface area (Å²) in [6.07, 6.45) is 1.42. The highest BCUT2D eigenvalue weighted by Crippen LogP contribution is 2.35. The molecule has 1 aromatic carbocycles. The fraction of sp³-hybridized carbons (Fsp3) is 0.250. The third-order valence-electron chi connectivity index (χ3n) is 3.47. The topological polar surface area (TPSA) is 45.8 Å². The number of benzene rings is 1. The predicted molar refractivity (Wildman–Crippen MR) is 89.4 cm³/mol. The van der Waals surface area contributed by atoms with Gasteiger partial charge in [0.1, 0.15) is 16.5 Å². The molecule has 0 amide bonds. The van der Waals surface area contributed by atoms with Crippen LogP contribution in [0.5, 0.6) is 0 Å². The largest absolute Gasteiger partial charge is 0.310 e. The molecule has 22 heavy (non-hydrogen) atoms. The number of aromatic amines is 1. The minimum absolute atomic E-state index is 0.154. The number of rotatable bonds is 4. The third-order valence-corrected chi connectivity index (χ3v) is 4.73. The average molecular weight is 337 g/mol. The summed E-state index contributed by atoms with van der Waals surface area (Å²) in [6, 6.07) is 6.17. The number of hydrogen-bond donors (Lipinski definition) is 1. The Bertz CT molecular complexity index is 870. The van der Waals surface area contributed by atoms with Gasteiger partial charge in [0, 0.05) is 22.7 Å². The molecule has 0 fully saturated rings. The molecule has 3 rings (SSSR count). The Morgan fingerprint density at radius 3 is 2.73 bits per heavy atom. The summed E-state index contributed by atoms with van der Waals surface area (Å²) in [7, 11) is 0. The van der Waals surface area contributed by atoms with Crippen molar-refractivity contribution in [1.29, 1.82) is 0 Å². The molecule has 1 N–H and O–H groups in total. The zero-order valence-electron chi connectivity index (χ0n) is 12.0. The van der Waals surface area contributed by atoms with Crippen LogP contribution in [0.4, 0.5) is 4.39 Å². The van der Waals surface area contributed by atoms with Crippen LogP contribution in [0.3, 0.4) is 0 Å². The number of hydrogen-bond acceptors (Lipinski definition) is 3. The van der Waals surface area contributed by atoms with Crippen molar-refractivity contribution in [2.24, 2.45) is 0 Å². The Labute approximate surface area is 135 Å². The van der Waals surface area contributed by atoms with Crippen LogP contribution in [0, 0.1) is 12.7 Å². The second-order valence-corrected chi connectivity index (χ2v) is 6.61. The summed E-state index contributed by atoms with van der Waals surface area (Å²) < 4.78 is 13.1. The van der Waals surface area contributed by atoms with E-state index in [2.05, 4.69) is 9.97 Å². The zero-order chi connectivity index (χ0) is 15.7. The van der Waals surface area contributed by atoms with Crippen molar-refractivity contribution in [3.05, 3.63) is 51.1 Å². The number of fused-ring (bicyclic) bond motifs is 1. The molecule has 0 radical (unpaired) electrons. The molecule has 0 aliphatic heterocycles. The Kier molecular flexibility index (Phi) is 4.27. The van der Waals surface area contributed by atoms with Crippen molar-refractivity contribution in [3.63, 3.8) is 0 Å². The van der Waals surface area contributed by atoms with E-state index in [1.54, 1.807) is 12.1 Å². The summed E-state index contributed by atoms with van der Waals surface area (Å²) in [4.78, 5) is 21.5. The van der Waals surface area contributed by atoms with Crippen molar-refractivity contribution in [2.75, 3.05) is 5.88 Å². The molecule has 3 nitrogen and oxygen atoms in total. The number of H-pyrrole nitrogens is 1. The Morgan fingerprint density at radius 2 is 2.05 bits per heavy atom. The van der Waals surface area contributed by atoms with E-state index in [1.807, 2.05) is 6.92 Å². The highest BCUT2D eigenvalue weighted by atomic mass is 35.5. The quantitative estimate of drug-likeness (QED) is 0.723. The predicted octanol–water partition coefficient (Wildman–Crippen LogP) is 4.27. The van der Waals surface area contributed by atoms with Gasteiger partial charge in [-0.15, -0.1) is 22.9 Å². The van der Waals surface area contributed by atoms with E-state index in [4.69, 9.17) is 11.6 Å². The number of nitrogens with zero attached hydrogens (tertiary/aromatic N) is 1. The molecule has 114 valence electrons. The average Bonchev–Trinajstić information content (AvgIpc) is 2.82. The van der Waals surface area contributed by atoms with Gasteiger partial charge in [-0.05, 0) is 31.0 Å². The molecular formula is C16H14ClFN2OS. The first kappa shape index (κ1) is 15.2. The smallest absolute Gasteiger partial charge is 0.260 e. The molecule has 3 aromatic rings. The van der Waals surface area contributed by atoms with E-state index in [9.17, 15) is 9.18 Å².